The fourth-order valence-corrected chi connectivity index (χ4v) is 4.48. The van der Waals surface area contributed by atoms with Crippen LogP contribution in [0.3, 0.4) is 0 Å². The van der Waals surface area contributed by atoms with Crippen LogP contribution in [-0.2, 0) is 13.6 Å². The van der Waals surface area contributed by atoms with Gasteiger partial charge in [0.25, 0.3) is 5.56 Å². The van der Waals surface area contributed by atoms with Gasteiger partial charge in [0.15, 0.2) is 16.3 Å². The standard InChI is InChI=1S/C19H25N7O2S/c1-13(12-29-17-20-7-6-8-21-17)11-26-14-15(24(2)19(28)23-16(14)27)22-18(26)25-9-4-3-5-10-25/h6-8,13H,3-5,9-12H2,1-2H3,(H,23,27,28). The summed E-state index contributed by atoms with van der Waals surface area (Å²) in [6, 6.07) is 1.80. The number of aromatic nitrogens is 6. The summed E-state index contributed by atoms with van der Waals surface area (Å²) in [5.74, 6) is 1.84. The molecule has 1 saturated heterocycles. The lowest BCUT2D eigenvalue weighted by atomic mass is 10.1. The van der Waals surface area contributed by atoms with Gasteiger partial charge >= 0.3 is 5.69 Å². The molecule has 1 aliphatic rings. The van der Waals surface area contributed by atoms with Gasteiger partial charge in [0, 0.05) is 44.8 Å². The number of nitrogens with zero attached hydrogens (tertiary/aromatic N) is 6. The first-order valence-electron chi connectivity index (χ1n) is 9.89. The van der Waals surface area contributed by atoms with Crippen LogP contribution < -0.4 is 16.1 Å². The van der Waals surface area contributed by atoms with Gasteiger partial charge in [-0.15, -0.1) is 0 Å². The van der Waals surface area contributed by atoms with E-state index in [2.05, 4.69) is 26.8 Å². The van der Waals surface area contributed by atoms with Gasteiger partial charge in [-0.25, -0.2) is 14.8 Å². The first-order chi connectivity index (χ1) is 14.0. The number of imidazole rings is 1. The Bertz CT molecular complexity index is 1100. The molecule has 1 unspecified atom stereocenters. The summed E-state index contributed by atoms with van der Waals surface area (Å²) >= 11 is 1.60. The minimum Gasteiger partial charge on any atom is -0.342 e. The Kier molecular flexibility index (Phi) is 5.70. The monoisotopic (exact) mass is 415 g/mol. The van der Waals surface area contributed by atoms with E-state index in [-0.39, 0.29) is 11.5 Å². The van der Waals surface area contributed by atoms with Gasteiger partial charge in [0.05, 0.1) is 0 Å². The smallest absolute Gasteiger partial charge is 0.329 e. The molecule has 0 radical (unpaired) electrons. The number of hydrogen-bond donors (Lipinski definition) is 1. The maximum atomic E-state index is 12.7. The van der Waals surface area contributed by atoms with Crippen LogP contribution in [0.1, 0.15) is 26.2 Å². The molecule has 3 aromatic heterocycles. The Balaban J connectivity index is 1.68. The first-order valence-corrected chi connectivity index (χ1v) is 10.9. The van der Waals surface area contributed by atoms with E-state index in [9.17, 15) is 9.59 Å². The van der Waals surface area contributed by atoms with Crippen molar-refractivity contribution in [2.75, 3.05) is 23.7 Å². The molecule has 3 aromatic rings. The van der Waals surface area contributed by atoms with Crippen molar-refractivity contribution in [2.45, 2.75) is 37.9 Å². The highest BCUT2D eigenvalue weighted by molar-refractivity contribution is 7.99. The van der Waals surface area contributed by atoms with Crippen molar-refractivity contribution in [1.29, 1.82) is 0 Å². The topological polar surface area (TPSA) is 102 Å². The number of nitrogens with one attached hydrogen (secondary N) is 1. The molecule has 1 N–H and O–H groups in total. The molecule has 0 bridgehead atoms. The van der Waals surface area contributed by atoms with Crippen LogP contribution in [0.5, 0.6) is 0 Å². The number of fused-ring (bicyclic) bond motifs is 1. The predicted molar refractivity (Wildman–Crippen MR) is 114 cm³/mol. The van der Waals surface area contributed by atoms with Crippen molar-refractivity contribution in [2.24, 2.45) is 13.0 Å². The molecule has 0 saturated carbocycles. The second-order valence-electron chi connectivity index (χ2n) is 7.51. The minimum atomic E-state index is -0.442. The second kappa shape index (κ2) is 8.40. The van der Waals surface area contributed by atoms with Crippen LogP contribution in [0.2, 0.25) is 0 Å². The molecule has 10 heteroatoms. The third-order valence-electron chi connectivity index (χ3n) is 5.16. The fourth-order valence-electron chi connectivity index (χ4n) is 3.67. The van der Waals surface area contributed by atoms with Gasteiger partial charge in [-0.3, -0.25) is 14.3 Å². The summed E-state index contributed by atoms with van der Waals surface area (Å²) in [4.78, 5) is 42.6. The van der Waals surface area contributed by atoms with Crippen molar-refractivity contribution in [3.63, 3.8) is 0 Å². The molecule has 0 amide bonds. The number of aryl methyl sites for hydroxylation is 1. The molecular formula is C19H25N7O2S. The van der Waals surface area contributed by atoms with E-state index >= 15 is 0 Å². The Morgan fingerprint density at radius 2 is 1.90 bits per heavy atom. The zero-order valence-corrected chi connectivity index (χ0v) is 17.5. The maximum Gasteiger partial charge on any atom is 0.329 e. The van der Waals surface area contributed by atoms with Crippen LogP contribution in [0.4, 0.5) is 5.95 Å². The number of rotatable bonds is 6. The molecule has 1 fully saturated rings. The molecule has 9 nitrogen and oxygen atoms in total. The van der Waals surface area contributed by atoms with Crippen LogP contribution in [-0.4, -0.2) is 47.9 Å². The van der Waals surface area contributed by atoms with E-state index in [0.717, 1.165) is 42.8 Å². The lowest BCUT2D eigenvalue weighted by Crippen LogP contribution is -2.33. The van der Waals surface area contributed by atoms with Gasteiger partial charge in [-0.1, -0.05) is 18.7 Å². The molecule has 4 rings (SSSR count). The van der Waals surface area contributed by atoms with Gasteiger partial charge in [-0.2, -0.15) is 4.98 Å². The van der Waals surface area contributed by atoms with Gasteiger partial charge in [0.2, 0.25) is 5.95 Å². The van der Waals surface area contributed by atoms with E-state index < -0.39 is 5.69 Å². The highest BCUT2D eigenvalue weighted by Gasteiger charge is 2.23. The molecule has 1 atom stereocenters. The zero-order valence-electron chi connectivity index (χ0n) is 16.7. The zero-order chi connectivity index (χ0) is 20.4. The molecule has 0 spiro atoms. The fraction of sp³-hybridized carbons (Fsp3) is 0.526. The molecular weight excluding hydrogens is 390 g/mol. The number of hydrogen-bond acceptors (Lipinski definition) is 7. The van der Waals surface area contributed by atoms with E-state index in [0.29, 0.717) is 17.7 Å². The summed E-state index contributed by atoms with van der Waals surface area (Å²) < 4.78 is 3.40. The minimum absolute atomic E-state index is 0.251. The highest BCUT2D eigenvalue weighted by atomic mass is 32.2. The Labute approximate surface area is 172 Å². The van der Waals surface area contributed by atoms with E-state index in [1.54, 1.807) is 37.3 Å². The third kappa shape index (κ3) is 4.07. The number of thioether (sulfide) groups is 1. The van der Waals surface area contributed by atoms with Gasteiger partial charge in [0.1, 0.15) is 0 Å². The van der Waals surface area contributed by atoms with Crippen LogP contribution in [0.15, 0.2) is 33.2 Å². The average molecular weight is 416 g/mol. The molecule has 4 heterocycles. The molecule has 0 aliphatic carbocycles. The van der Waals surface area contributed by atoms with E-state index in [4.69, 9.17) is 4.98 Å². The summed E-state index contributed by atoms with van der Waals surface area (Å²) in [6.45, 7) is 4.59. The number of piperidine rings is 1. The number of aromatic amines is 1. The second-order valence-corrected chi connectivity index (χ2v) is 8.50. The van der Waals surface area contributed by atoms with Crippen LogP contribution in [0.25, 0.3) is 11.2 Å². The van der Waals surface area contributed by atoms with E-state index in [1.165, 1.54) is 11.0 Å². The number of H-pyrrole nitrogens is 1. The predicted octanol–water partition coefficient (Wildman–Crippen LogP) is 1.63. The lowest BCUT2D eigenvalue weighted by Gasteiger charge is -2.28. The molecule has 154 valence electrons. The first kappa shape index (κ1) is 19.7. The highest BCUT2D eigenvalue weighted by Crippen LogP contribution is 2.25. The van der Waals surface area contributed by atoms with Gasteiger partial charge < -0.3 is 9.47 Å². The van der Waals surface area contributed by atoms with Crippen LogP contribution in [0, 0.1) is 5.92 Å². The molecule has 29 heavy (non-hydrogen) atoms. The normalized spacial score (nSPS) is 15.7. The van der Waals surface area contributed by atoms with Crippen molar-refractivity contribution in [3.8, 4) is 0 Å². The molecule has 1 aliphatic heterocycles. The summed E-state index contributed by atoms with van der Waals surface area (Å²) in [5.41, 5.74) is 0.0679. The van der Waals surface area contributed by atoms with Crippen molar-refractivity contribution >= 4 is 28.9 Å². The van der Waals surface area contributed by atoms with E-state index in [1.807, 2.05) is 4.57 Å². The number of anilines is 1. The summed E-state index contributed by atoms with van der Waals surface area (Å²) in [5, 5.41) is 0.742. The maximum absolute atomic E-state index is 12.7. The van der Waals surface area contributed by atoms with Crippen molar-refractivity contribution in [3.05, 3.63) is 39.3 Å². The van der Waals surface area contributed by atoms with Crippen molar-refractivity contribution < 1.29 is 0 Å². The van der Waals surface area contributed by atoms with Crippen molar-refractivity contribution in [1.82, 2.24) is 29.1 Å². The summed E-state index contributed by atoms with van der Waals surface area (Å²) in [6.07, 6.45) is 6.89. The van der Waals surface area contributed by atoms with Crippen LogP contribution >= 0.6 is 11.8 Å². The quantitative estimate of drug-likeness (QED) is 0.482. The Morgan fingerprint density at radius 1 is 1.17 bits per heavy atom. The SMILES string of the molecule is CC(CSc1ncccn1)Cn1c(N2CCCCC2)nc2c1c(=O)[nH]c(=O)n2C. The largest absolute Gasteiger partial charge is 0.342 e. The van der Waals surface area contributed by atoms with Gasteiger partial charge in [-0.05, 0) is 31.2 Å². The summed E-state index contributed by atoms with van der Waals surface area (Å²) in [7, 11) is 1.64. The Hall–Kier alpha value is -2.62. The Morgan fingerprint density at radius 3 is 2.62 bits per heavy atom. The third-order valence-corrected chi connectivity index (χ3v) is 6.36. The lowest BCUT2D eigenvalue weighted by molar-refractivity contribution is 0.514. The average Bonchev–Trinajstić information content (AvgIpc) is 3.12. The molecule has 0 aromatic carbocycles.